The second kappa shape index (κ2) is 11.1. The van der Waals surface area contributed by atoms with E-state index in [0.717, 1.165) is 31.2 Å². The van der Waals surface area contributed by atoms with Gasteiger partial charge < -0.3 is 9.47 Å². The molecule has 4 nitrogen and oxygen atoms in total. The van der Waals surface area contributed by atoms with Crippen molar-refractivity contribution in [1.29, 1.82) is 0 Å². The Balaban J connectivity index is 1.58. The topological polar surface area (TPSA) is 52.6 Å². The predicted molar refractivity (Wildman–Crippen MR) is 131 cm³/mol. The molecule has 0 radical (unpaired) electrons. The second-order valence-corrected chi connectivity index (χ2v) is 10.0. The summed E-state index contributed by atoms with van der Waals surface area (Å²) < 4.78 is 12.0. The van der Waals surface area contributed by atoms with Crippen molar-refractivity contribution in [1.82, 2.24) is 0 Å². The first-order valence-corrected chi connectivity index (χ1v) is 13.1. The third-order valence-electron chi connectivity index (χ3n) is 6.74. The summed E-state index contributed by atoms with van der Waals surface area (Å²) in [5, 5.41) is 0.816. The van der Waals surface area contributed by atoms with Crippen LogP contribution in [0.15, 0.2) is 34.8 Å². The van der Waals surface area contributed by atoms with Gasteiger partial charge in [-0.1, -0.05) is 62.2 Å². The molecule has 2 aliphatic carbocycles. The maximum absolute atomic E-state index is 12.9. The zero-order chi connectivity index (χ0) is 23.4. The lowest BCUT2D eigenvalue weighted by atomic mass is 9.73. The van der Waals surface area contributed by atoms with E-state index < -0.39 is 5.92 Å². The van der Waals surface area contributed by atoms with Crippen LogP contribution in [0.25, 0.3) is 0 Å². The first kappa shape index (κ1) is 24.3. The number of ketones is 2. The highest BCUT2D eigenvalue weighted by atomic mass is 35.5. The van der Waals surface area contributed by atoms with Gasteiger partial charge in [0.15, 0.2) is 17.3 Å². The third kappa shape index (κ3) is 5.33. The molecule has 0 amide bonds. The minimum absolute atomic E-state index is 0.0433. The van der Waals surface area contributed by atoms with Gasteiger partial charge in [-0.2, -0.15) is 0 Å². The standard InChI is InChI=1S/C27H32Cl2O4/c1-2-3-4-5-6-7-14-32-27-18(28)15-17(16-19(27)29)24-25-20(30)10-8-12-22(25)33-23-13-9-11-21(31)26(23)24/h15-16,24H,2-14H2,1H3. The van der Waals surface area contributed by atoms with E-state index in [-0.39, 0.29) is 11.6 Å². The number of rotatable bonds is 9. The van der Waals surface area contributed by atoms with Crippen molar-refractivity contribution in [2.45, 2.75) is 89.9 Å². The van der Waals surface area contributed by atoms with E-state index in [0.29, 0.717) is 70.7 Å². The Morgan fingerprint density at radius 3 is 1.97 bits per heavy atom. The van der Waals surface area contributed by atoms with Crippen LogP contribution in [-0.4, -0.2) is 18.2 Å². The molecule has 0 bridgehead atoms. The predicted octanol–water partition coefficient (Wildman–Crippen LogP) is 7.86. The molecular weight excluding hydrogens is 459 g/mol. The highest BCUT2D eigenvalue weighted by molar-refractivity contribution is 6.37. The van der Waals surface area contributed by atoms with Gasteiger partial charge in [-0.3, -0.25) is 9.59 Å². The van der Waals surface area contributed by atoms with Crippen molar-refractivity contribution < 1.29 is 19.1 Å². The van der Waals surface area contributed by atoms with Crippen molar-refractivity contribution in [2.75, 3.05) is 6.61 Å². The molecule has 3 aliphatic rings. The second-order valence-electron chi connectivity index (χ2n) is 9.19. The number of Topliss-reactive ketones (excluding diaryl/α,β-unsaturated/α-hetero) is 2. The van der Waals surface area contributed by atoms with Crippen LogP contribution < -0.4 is 4.74 Å². The van der Waals surface area contributed by atoms with Gasteiger partial charge >= 0.3 is 0 Å². The highest BCUT2D eigenvalue weighted by Crippen LogP contribution is 2.49. The smallest absolute Gasteiger partial charge is 0.163 e. The van der Waals surface area contributed by atoms with Gasteiger partial charge in [0, 0.05) is 42.7 Å². The Morgan fingerprint density at radius 2 is 1.39 bits per heavy atom. The molecule has 0 spiro atoms. The number of hydrogen-bond donors (Lipinski definition) is 0. The number of unbranched alkanes of at least 4 members (excludes halogenated alkanes) is 5. The van der Waals surface area contributed by atoms with Gasteiger partial charge in [-0.05, 0) is 37.0 Å². The summed E-state index contributed by atoms with van der Waals surface area (Å²) in [4.78, 5) is 25.9. The largest absolute Gasteiger partial charge is 0.490 e. The van der Waals surface area contributed by atoms with Crippen LogP contribution in [0.2, 0.25) is 10.0 Å². The zero-order valence-corrected chi connectivity index (χ0v) is 20.8. The van der Waals surface area contributed by atoms with E-state index in [2.05, 4.69) is 6.92 Å². The Bertz CT molecular complexity index is 927. The normalized spacial score (nSPS) is 18.9. The van der Waals surface area contributed by atoms with Crippen molar-refractivity contribution in [3.05, 3.63) is 50.4 Å². The van der Waals surface area contributed by atoms with E-state index >= 15 is 0 Å². The molecule has 1 aliphatic heterocycles. The molecule has 0 N–H and O–H groups in total. The summed E-state index contributed by atoms with van der Waals surface area (Å²) in [5.41, 5.74) is 1.96. The van der Waals surface area contributed by atoms with E-state index in [1.54, 1.807) is 12.1 Å². The first-order chi connectivity index (χ1) is 16.0. The molecule has 6 heteroatoms. The molecule has 0 fully saturated rings. The molecule has 178 valence electrons. The van der Waals surface area contributed by atoms with Gasteiger partial charge in [0.2, 0.25) is 0 Å². The van der Waals surface area contributed by atoms with Crippen molar-refractivity contribution in [3.8, 4) is 5.75 Å². The molecular formula is C27H32Cl2O4. The van der Waals surface area contributed by atoms with Crippen LogP contribution >= 0.6 is 23.2 Å². The fourth-order valence-electron chi connectivity index (χ4n) is 5.09. The minimum Gasteiger partial charge on any atom is -0.490 e. The van der Waals surface area contributed by atoms with Gasteiger partial charge in [-0.15, -0.1) is 0 Å². The summed E-state index contributed by atoms with van der Waals surface area (Å²) in [7, 11) is 0. The maximum Gasteiger partial charge on any atom is 0.163 e. The maximum atomic E-state index is 12.9. The lowest BCUT2D eigenvalue weighted by Gasteiger charge is -2.36. The molecule has 0 atom stereocenters. The fourth-order valence-corrected chi connectivity index (χ4v) is 5.70. The van der Waals surface area contributed by atoms with E-state index in [9.17, 15) is 9.59 Å². The molecule has 33 heavy (non-hydrogen) atoms. The summed E-state index contributed by atoms with van der Waals surface area (Å²) in [6.45, 7) is 2.77. The summed E-state index contributed by atoms with van der Waals surface area (Å²) in [5.74, 6) is 1.51. The molecule has 0 aromatic heterocycles. The Kier molecular flexibility index (Phi) is 8.19. The average Bonchev–Trinajstić information content (AvgIpc) is 2.79. The summed E-state index contributed by atoms with van der Waals surface area (Å²) in [6, 6.07) is 3.61. The van der Waals surface area contributed by atoms with E-state index in [4.69, 9.17) is 32.7 Å². The van der Waals surface area contributed by atoms with Crippen LogP contribution in [0.4, 0.5) is 0 Å². The number of ether oxygens (including phenoxy) is 2. The van der Waals surface area contributed by atoms with Crippen LogP contribution in [-0.2, 0) is 14.3 Å². The number of carbonyl (C=O) groups is 2. The number of hydrogen-bond acceptors (Lipinski definition) is 4. The lowest BCUT2D eigenvalue weighted by Crippen LogP contribution is -2.30. The molecule has 1 heterocycles. The van der Waals surface area contributed by atoms with Gasteiger partial charge in [0.1, 0.15) is 11.5 Å². The quantitative estimate of drug-likeness (QED) is 0.330. The fraction of sp³-hybridized carbons (Fsp3) is 0.556. The van der Waals surface area contributed by atoms with Gasteiger partial charge in [-0.25, -0.2) is 0 Å². The Morgan fingerprint density at radius 1 is 0.848 bits per heavy atom. The Labute approximate surface area is 206 Å². The number of carbonyl (C=O) groups excluding carboxylic acids is 2. The Hall–Kier alpha value is -1.78. The summed E-state index contributed by atoms with van der Waals surface area (Å²) >= 11 is 13.2. The SMILES string of the molecule is CCCCCCCCOc1c(Cl)cc(C2C3=C(CCCC3=O)OC3=C2C(=O)CCC3)cc1Cl. The number of benzene rings is 1. The molecule has 0 unspecified atom stereocenters. The lowest BCUT2D eigenvalue weighted by molar-refractivity contribution is -0.117. The number of halogens is 2. The van der Waals surface area contributed by atoms with Crippen molar-refractivity contribution in [3.63, 3.8) is 0 Å². The van der Waals surface area contributed by atoms with E-state index in [1.807, 2.05) is 0 Å². The highest BCUT2D eigenvalue weighted by Gasteiger charge is 2.42. The zero-order valence-electron chi connectivity index (χ0n) is 19.3. The van der Waals surface area contributed by atoms with Crippen molar-refractivity contribution >= 4 is 34.8 Å². The third-order valence-corrected chi connectivity index (χ3v) is 7.30. The molecule has 4 rings (SSSR count). The molecule has 0 saturated heterocycles. The van der Waals surface area contributed by atoms with Crippen LogP contribution in [0.3, 0.4) is 0 Å². The molecule has 1 aromatic rings. The average molecular weight is 491 g/mol. The van der Waals surface area contributed by atoms with Gasteiger partial charge in [0.25, 0.3) is 0 Å². The summed E-state index contributed by atoms with van der Waals surface area (Å²) in [6.07, 6.45) is 10.9. The monoisotopic (exact) mass is 490 g/mol. The number of allylic oxidation sites excluding steroid dienone is 4. The minimum atomic E-state index is -0.466. The first-order valence-electron chi connectivity index (χ1n) is 12.3. The van der Waals surface area contributed by atoms with Crippen LogP contribution in [0, 0.1) is 0 Å². The molecule has 0 saturated carbocycles. The van der Waals surface area contributed by atoms with E-state index in [1.165, 1.54) is 25.7 Å². The van der Waals surface area contributed by atoms with Crippen molar-refractivity contribution in [2.24, 2.45) is 0 Å². The van der Waals surface area contributed by atoms with Gasteiger partial charge in [0.05, 0.1) is 16.7 Å². The van der Waals surface area contributed by atoms with Crippen LogP contribution in [0.1, 0.15) is 95.5 Å². The molecule has 1 aromatic carbocycles. The van der Waals surface area contributed by atoms with Crippen LogP contribution in [0.5, 0.6) is 5.75 Å².